The van der Waals surface area contributed by atoms with Gasteiger partial charge in [-0.25, -0.2) is 0 Å². The third-order valence-corrected chi connectivity index (χ3v) is 4.04. The summed E-state index contributed by atoms with van der Waals surface area (Å²) in [5.74, 6) is 2.62. The average Bonchev–Trinajstić information content (AvgIpc) is 2.74. The molecule has 0 bridgehead atoms. The van der Waals surface area contributed by atoms with E-state index in [1.165, 1.54) is 5.56 Å². The Hall–Kier alpha value is -3.55. The highest BCUT2D eigenvalue weighted by molar-refractivity contribution is 5.66. The standard InChI is InChI=1S/C20H23N5O3/c1-26-16-11-15(12-17(27-2)19(16)28-3)23-18-13-22-25-20(24-18)21-10-9-14-7-5-4-6-8-14/h4-8,11-13H,9-10H2,1-3H3,(H2,21,23,24,25). The lowest BCUT2D eigenvalue weighted by atomic mass is 10.1. The van der Waals surface area contributed by atoms with Crippen LogP contribution in [-0.2, 0) is 6.42 Å². The zero-order valence-corrected chi connectivity index (χ0v) is 16.1. The molecule has 2 aromatic carbocycles. The molecular formula is C20H23N5O3. The first kappa shape index (κ1) is 19.2. The number of benzene rings is 2. The van der Waals surface area contributed by atoms with Crippen molar-refractivity contribution in [3.8, 4) is 17.2 Å². The van der Waals surface area contributed by atoms with Gasteiger partial charge in [0, 0.05) is 24.4 Å². The minimum absolute atomic E-state index is 0.452. The molecule has 1 aromatic heterocycles. The van der Waals surface area contributed by atoms with Gasteiger partial charge in [0.2, 0.25) is 11.7 Å². The summed E-state index contributed by atoms with van der Waals surface area (Å²) in [5, 5.41) is 14.4. The minimum Gasteiger partial charge on any atom is -0.493 e. The highest BCUT2D eigenvalue weighted by atomic mass is 16.5. The molecule has 8 nitrogen and oxygen atoms in total. The number of hydrogen-bond donors (Lipinski definition) is 2. The van der Waals surface area contributed by atoms with Gasteiger partial charge in [0.25, 0.3) is 0 Å². The first-order chi connectivity index (χ1) is 13.7. The van der Waals surface area contributed by atoms with Crippen molar-refractivity contribution >= 4 is 17.5 Å². The van der Waals surface area contributed by atoms with Crippen LogP contribution in [0, 0.1) is 0 Å². The molecule has 146 valence electrons. The third-order valence-electron chi connectivity index (χ3n) is 4.04. The number of nitrogens with zero attached hydrogens (tertiary/aromatic N) is 3. The summed E-state index contributed by atoms with van der Waals surface area (Å²) >= 11 is 0. The number of nitrogens with one attached hydrogen (secondary N) is 2. The second-order valence-corrected chi connectivity index (χ2v) is 5.87. The van der Waals surface area contributed by atoms with E-state index in [0.29, 0.717) is 35.6 Å². The zero-order chi connectivity index (χ0) is 19.8. The Bertz CT molecular complexity index is 880. The molecule has 3 rings (SSSR count). The van der Waals surface area contributed by atoms with Crippen molar-refractivity contribution < 1.29 is 14.2 Å². The van der Waals surface area contributed by atoms with E-state index in [1.807, 2.05) is 18.2 Å². The fourth-order valence-electron chi connectivity index (χ4n) is 2.70. The van der Waals surface area contributed by atoms with Crippen LogP contribution in [0.15, 0.2) is 48.7 Å². The largest absolute Gasteiger partial charge is 0.493 e. The SMILES string of the molecule is COc1cc(Nc2cnnc(NCCc3ccccc3)n2)cc(OC)c1OC. The molecule has 0 amide bonds. The summed E-state index contributed by atoms with van der Waals surface area (Å²) in [6.07, 6.45) is 2.42. The van der Waals surface area contributed by atoms with Gasteiger partial charge in [0.05, 0.1) is 27.5 Å². The van der Waals surface area contributed by atoms with Crippen molar-refractivity contribution in [2.45, 2.75) is 6.42 Å². The lowest BCUT2D eigenvalue weighted by molar-refractivity contribution is 0.324. The Morgan fingerprint density at radius 2 is 1.64 bits per heavy atom. The van der Waals surface area contributed by atoms with Gasteiger partial charge in [-0.15, -0.1) is 5.10 Å². The normalized spacial score (nSPS) is 10.2. The number of hydrogen-bond acceptors (Lipinski definition) is 8. The predicted molar refractivity (Wildman–Crippen MR) is 108 cm³/mol. The van der Waals surface area contributed by atoms with E-state index in [-0.39, 0.29) is 0 Å². The van der Waals surface area contributed by atoms with Crippen LogP contribution in [0.1, 0.15) is 5.56 Å². The summed E-state index contributed by atoms with van der Waals surface area (Å²) in [4.78, 5) is 4.44. The maximum atomic E-state index is 5.37. The van der Waals surface area contributed by atoms with Crippen LogP contribution in [0.3, 0.4) is 0 Å². The molecule has 0 aliphatic carbocycles. The number of methoxy groups -OCH3 is 3. The third kappa shape index (κ3) is 4.79. The molecule has 3 aromatic rings. The minimum atomic E-state index is 0.452. The van der Waals surface area contributed by atoms with Crippen LogP contribution < -0.4 is 24.8 Å². The van der Waals surface area contributed by atoms with E-state index in [2.05, 4.69) is 37.9 Å². The Balaban J connectivity index is 1.69. The lowest BCUT2D eigenvalue weighted by Gasteiger charge is -2.15. The molecule has 8 heteroatoms. The summed E-state index contributed by atoms with van der Waals surface area (Å²) in [5.41, 5.74) is 1.97. The number of aromatic nitrogens is 3. The molecule has 0 radical (unpaired) electrons. The second kappa shape index (κ2) is 9.40. The molecule has 2 N–H and O–H groups in total. The van der Waals surface area contributed by atoms with Gasteiger partial charge in [-0.05, 0) is 12.0 Å². The molecule has 0 fully saturated rings. The highest BCUT2D eigenvalue weighted by Crippen LogP contribution is 2.40. The molecule has 0 spiro atoms. The highest BCUT2D eigenvalue weighted by Gasteiger charge is 2.13. The van der Waals surface area contributed by atoms with Crippen molar-refractivity contribution in [1.82, 2.24) is 15.2 Å². The smallest absolute Gasteiger partial charge is 0.244 e. The van der Waals surface area contributed by atoms with Gasteiger partial charge in [-0.3, -0.25) is 0 Å². The topological polar surface area (TPSA) is 90.4 Å². The molecule has 1 heterocycles. The monoisotopic (exact) mass is 381 g/mol. The second-order valence-electron chi connectivity index (χ2n) is 5.87. The van der Waals surface area contributed by atoms with Gasteiger partial charge in [0.1, 0.15) is 0 Å². The molecular weight excluding hydrogens is 358 g/mol. The fraction of sp³-hybridized carbons (Fsp3) is 0.250. The quantitative estimate of drug-likeness (QED) is 0.583. The van der Waals surface area contributed by atoms with Gasteiger partial charge in [-0.2, -0.15) is 10.1 Å². The number of anilines is 3. The number of ether oxygens (including phenoxy) is 3. The Labute approximate surface area is 163 Å². The van der Waals surface area contributed by atoms with Crippen LogP contribution >= 0.6 is 0 Å². The van der Waals surface area contributed by atoms with Gasteiger partial charge in [-0.1, -0.05) is 30.3 Å². The Morgan fingerprint density at radius 1 is 0.929 bits per heavy atom. The molecule has 0 aliphatic rings. The summed E-state index contributed by atoms with van der Waals surface area (Å²) in [6.45, 7) is 0.708. The molecule has 0 aliphatic heterocycles. The van der Waals surface area contributed by atoms with Crippen molar-refractivity contribution in [2.24, 2.45) is 0 Å². The van der Waals surface area contributed by atoms with Crippen LogP contribution in [-0.4, -0.2) is 43.1 Å². The van der Waals surface area contributed by atoms with E-state index < -0.39 is 0 Å². The number of rotatable bonds is 9. The van der Waals surface area contributed by atoms with Crippen molar-refractivity contribution in [3.63, 3.8) is 0 Å². The maximum Gasteiger partial charge on any atom is 0.244 e. The van der Waals surface area contributed by atoms with Crippen molar-refractivity contribution in [1.29, 1.82) is 0 Å². The van der Waals surface area contributed by atoms with E-state index in [0.717, 1.165) is 12.1 Å². The van der Waals surface area contributed by atoms with Crippen LogP contribution in [0.4, 0.5) is 17.5 Å². The average molecular weight is 381 g/mol. The molecule has 28 heavy (non-hydrogen) atoms. The van der Waals surface area contributed by atoms with E-state index in [1.54, 1.807) is 39.7 Å². The van der Waals surface area contributed by atoms with Crippen LogP contribution in [0.2, 0.25) is 0 Å². The lowest BCUT2D eigenvalue weighted by Crippen LogP contribution is -2.09. The molecule has 0 saturated carbocycles. The van der Waals surface area contributed by atoms with Crippen LogP contribution in [0.5, 0.6) is 17.2 Å². The summed E-state index contributed by atoms with van der Waals surface area (Å²) in [6, 6.07) is 13.8. The first-order valence-corrected chi connectivity index (χ1v) is 8.78. The Kier molecular flexibility index (Phi) is 6.46. The molecule has 0 saturated heterocycles. The van der Waals surface area contributed by atoms with Gasteiger partial charge >= 0.3 is 0 Å². The van der Waals surface area contributed by atoms with E-state index >= 15 is 0 Å². The fourth-order valence-corrected chi connectivity index (χ4v) is 2.70. The van der Waals surface area contributed by atoms with Crippen molar-refractivity contribution in [3.05, 3.63) is 54.2 Å². The van der Waals surface area contributed by atoms with Gasteiger partial charge < -0.3 is 24.8 Å². The van der Waals surface area contributed by atoms with Crippen molar-refractivity contribution in [2.75, 3.05) is 38.5 Å². The van der Waals surface area contributed by atoms with Crippen LogP contribution in [0.25, 0.3) is 0 Å². The maximum absolute atomic E-state index is 5.37. The van der Waals surface area contributed by atoms with E-state index in [4.69, 9.17) is 14.2 Å². The molecule has 0 atom stereocenters. The zero-order valence-electron chi connectivity index (χ0n) is 16.1. The predicted octanol–water partition coefficient (Wildman–Crippen LogP) is 3.30. The Morgan fingerprint density at radius 3 is 2.29 bits per heavy atom. The first-order valence-electron chi connectivity index (χ1n) is 8.78. The molecule has 0 unspecified atom stereocenters. The van der Waals surface area contributed by atoms with E-state index in [9.17, 15) is 0 Å². The summed E-state index contributed by atoms with van der Waals surface area (Å²) in [7, 11) is 4.71. The summed E-state index contributed by atoms with van der Waals surface area (Å²) < 4.78 is 16.1. The van der Waals surface area contributed by atoms with Gasteiger partial charge in [0.15, 0.2) is 17.3 Å².